The number of carboxylic acids is 1. The highest BCUT2D eigenvalue weighted by Gasteiger charge is 2.07. The number of aliphatic carboxylic acids is 1. The number of carbonyl (C=O) groups is 2. The largest absolute Gasteiger partial charge is 0.481 e. The third kappa shape index (κ3) is 5.56. The van der Waals surface area contributed by atoms with Gasteiger partial charge >= 0.3 is 18.0 Å². The van der Waals surface area contributed by atoms with Gasteiger partial charge in [0, 0.05) is 31.0 Å². The summed E-state index contributed by atoms with van der Waals surface area (Å²) in [6.07, 6.45) is 3.57. The van der Waals surface area contributed by atoms with Crippen LogP contribution in [-0.2, 0) is 4.79 Å². The van der Waals surface area contributed by atoms with Crippen molar-refractivity contribution in [2.24, 2.45) is 0 Å². The fourth-order valence-electron chi connectivity index (χ4n) is 1.89. The second-order valence-corrected chi connectivity index (χ2v) is 4.99. The molecule has 0 spiro atoms. The van der Waals surface area contributed by atoms with Crippen LogP contribution >= 0.6 is 0 Å². The van der Waals surface area contributed by atoms with Crippen molar-refractivity contribution in [1.29, 1.82) is 0 Å². The molecule has 1 aromatic heterocycles. The standard InChI is InChI=1S/C16H18N4O4/c1-11-10-12(24-16-18-8-3-9-19-16)5-6-13(11)20-15(23)17-7-2-4-14(21)22/h3,5-6,8-10H,2,4,7H2,1H3,(H,21,22)(H2,17,20,23). The van der Waals surface area contributed by atoms with Gasteiger partial charge in [-0.05, 0) is 43.2 Å². The summed E-state index contributed by atoms with van der Waals surface area (Å²) in [5, 5.41) is 13.8. The Kier molecular flexibility index (Phi) is 6.07. The van der Waals surface area contributed by atoms with Crippen molar-refractivity contribution < 1.29 is 19.4 Å². The Hall–Kier alpha value is -3.16. The number of rotatable bonds is 7. The topological polar surface area (TPSA) is 113 Å². The van der Waals surface area contributed by atoms with Crippen LogP contribution in [0.25, 0.3) is 0 Å². The summed E-state index contributed by atoms with van der Waals surface area (Å²) in [5.74, 6) is -0.322. The van der Waals surface area contributed by atoms with Crippen LogP contribution in [0.1, 0.15) is 18.4 Å². The number of nitrogens with zero attached hydrogens (tertiary/aromatic N) is 2. The lowest BCUT2D eigenvalue weighted by molar-refractivity contribution is -0.137. The van der Waals surface area contributed by atoms with E-state index in [2.05, 4.69) is 20.6 Å². The Bertz CT molecular complexity index is 706. The van der Waals surface area contributed by atoms with E-state index in [0.717, 1.165) is 5.56 Å². The van der Waals surface area contributed by atoms with Crippen LogP contribution in [-0.4, -0.2) is 33.6 Å². The SMILES string of the molecule is Cc1cc(Oc2ncccn2)ccc1NC(=O)NCCCC(=O)O. The second-order valence-electron chi connectivity index (χ2n) is 4.99. The van der Waals surface area contributed by atoms with Gasteiger partial charge in [0.2, 0.25) is 0 Å². The van der Waals surface area contributed by atoms with Crippen molar-refractivity contribution in [3.8, 4) is 11.8 Å². The number of nitrogens with one attached hydrogen (secondary N) is 2. The van der Waals surface area contributed by atoms with Gasteiger partial charge < -0.3 is 20.5 Å². The first kappa shape index (κ1) is 17.2. The Morgan fingerprint density at radius 1 is 1.25 bits per heavy atom. The highest BCUT2D eigenvalue weighted by molar-refractivity contribution is 5.90. The molecular formula is C16H18N4O4. The molecule has 1 heterocycles. The van der Waals surface area contributed by atoms with Crippen LogP contribution in [0.2, 0.25) is 0 Å². The molecule has 2 amide bonds. The van der Waals surface area contributed by atoms with E-state index in [1.54, 1.807) is 36.7 Å². The Labute approximate surface area is 138 Å². The minimum Gasteiger partial charge on any atom is -0.481 e. The number of benzene rings is 1. The van der Waals surface area contributed by atoms with E-state index in [9.17, 15) is 9.59 Å². The zero-order valence-corrected chi connectivity index (χ0v) is 13.2. The number of aryl methyl sites for hydroxylation is 1. The molecule has 1 aromatic carbocycles. The third-order valence-electron chi connectivity index (χ3n) is 3.05. The van der Waals surface area contributed by atoms with Crippen molar-refractivity contribution in [3.05, 3.63) is 42.2 Å². The predicted molar refractivity (Wildman–Crippen MR) is 87.2 cm³/mol. The molecule has 0 unspecified atom stereocenters. The molecule has 0 aliphatic rings. The van der Waals surface area contributed by atoms with E-state index in [1.165, 1.54) is 0 Å². The molecule has 3 N–H and O–H groups in total. The first-order valence-electron chi connectivity index (χ1n) is 7.37. The summed E-state index contributed by atoms with van der Waals surface area (Å²) in [7, 11) is 0. The van der Waals surface area contributed by atoms with E-state index < -0.39 is 5.97 Å². The molecule has 0 aliphatic carbocycles. The molecule has 2 aromatic rings. The van der Waals surface area contributed by atoms with Gasteiger partial charge in [-0.15, -0.1) is 0 Å². The summed E-state index contributed by atoms with van der Waals surface area (Å²) >= 11 is 0. The lowest BCUT2D eigenvalue weighted by Crippen LogP contribution is -2.30. The van der Waals surface area contributed by atoms with Gasteiger partial charge in [0.25, 0.3) is 0 Å². The van der Waals surface area contributed by atoms with Gasteiger partial charge in [0.15, 0.2) is 0 Å². The van der Waals surface area contributed by atoms with Crippen LogP contribution in [0.15, 0.2) is 36.7 Å². The maximum atomic E-state index is 11.8. The minimum absolute atomic E-state index is 0.0207. The molecular weight excluding hydrogens is 312 g/mol. The summed E-state index contributed by atoms with van der Waals surface area (Å²) < 4.78 is 5.51. The Balaban J connectivity index is 1.87. The van der Waals surface area contributed by atoms with E-state index in [0.29, 0.717) is 24.4 Å². The number of urea groups is 1. The summed E-state index contributed by atoms with van der Waals surface area (Å²) in [5.41, 5.74) is 1.44. The number of carboxylic acid groups (broad SMARTS) is 1. The van der Waals surface area contributed by atoms with Crippen molar-refractivity contribution in [3.63, 3.8) is 0 Å². The third-order valence-corrected chi connectivity index (χ3v) is 3.05. The number of aromatic nitrogens is 2. The van der Waals surface area contributed by atoms with Crippen LogP contribution in [0.3, 0.4) is 0 Å². The van der Waals surface area contributed by atoms with Gasteiger partial charge in [0.05, 0.1) is 0 Å². The summed E-state index contributed by atoms with van der Waals surface area (Å²) in [4.78, 5) is 30.1. The average Bonchev–Trinajstić information content (AvgIpc) is 2.55. The highest BCUT2D eigenvalue weighted by Crippen LogP contribution is 2.24. The van der Waals surface area contributed by atoms with Gasteiger partial charge in [-0.3, -0.25) is 4.79 Å². The zero-order chi connectivity index (χ0) is 17.4. The minimum atomic E-state index is -0.883. The molecule has 0 atom stereocenters. The normalized spacial score (nSPS) is 10.0. The molecule has 0 aliphatic heterocycles. The number of amides is 2. The van der Waals surface area contributed by atoms with E-state index >= 15 is 0 Å². The molecule has 2 rings (SSSR count). The van der Waals surface area contributed by atoms with Crippen LogP contribution < -0.4 is 15.4 Å². The Morgan fingerprint density at radius 3 is 2.67 bits per heavy atom. The lowest BCUT2D eigenvalue weighted by atomic mass is 10.2. The maximum Gasteiger partial charge on any atom is 0.321 e. The lowest BCUT2D eigenvalue weighted by Gasteiger charge is -2.11. The monoisotopic (exact) mass is 330 g/mol. The van der Waals surface area contributed by atoms with Gasteiger partial charge in [0.1, 0.15) is 5.75 Å². The number of ether oxygens (including phenoxy) is 1. The molecule has 126 valence electrons. The highest BCUT2D eigenvalue weighted by atomic mass is 16.5. The maximum absolute atomic E-state index is 11.8. The van der Waals surface area contributed by atoms with Crippen LogP contribution in [0.5, 0.6) is 11.8 Å². The number of hydrogen-bond acceptors (Lipinski definition) is 5. The molecule has 24 heavy (non-hydrogen) atoms. The molecule has 0 radical (unpaired) electrons. The van der Waals surface area contributed by atoms with E-state index in [1.807, 2.05) is 6.92 Å². The molecule has 0 saturated carbocycles. The van der Waals surface area contributed by atoms with E-state index in [4.69, 9.17) is 9.84 Å². The first-order valence-corrected chi connectivity index (χ1v) is 7.37. The molecule has 0 saturated heterocycles. The average molecular weight is 330 g/mol. The quantitative estimate of drug-likeness (QED) is 0.672. The summed E-state index contributed by atoms with van der Waals surface area (Å²) in [6, 6.07) is 6.72. The smallest absolute Gasteiger partial charge is 0.321 e. The van der Waals surface area contributed by atoms with Crippen molar-refractivity contribution in [2.45, 2.75) is 19.8 Å². The summed E-state index contributed by atoms with van der Waals surface area (Å²) in [6.45, 7) is 2.13. The Morgan fingerprint density at radius 2 is 2.00 bits per heavy atom. The van der Waals surface area contributed by atoms with Crippen LogP contribution in [0.4, 0.5) is 10.5 Å². The second kappa shape index (κ2) is 8.47. The van der Waals surface area contributed by atoms with Crippen molar-refractivity contribution >= 4 is 17.7 Å². The molecule has 8 heteroatoms. The van der Waals surface area contributed by atoms with Gasteiger partial charge in [-0.1, -0.05) is 0 Å². The van der Waals surface area contributed by atoms with Crippen molar-refractivity contribution in [2.75, 3.05) is 11.9 Å². The number of carbonyl (C=O) groups excluding carboxylic acids is 1. The molecule has 0 fully saturated rings. The van der Waals surface area contributed by atoms with Crippen molar-refractivity contribution in [1.82, 2.24) is 15.3 Å². The fourth-order valence-corrected chi connectivity index (χ4v) is 1.89. The fraction of sp³-hybridized carbons (Fsp3) is 0.250. The zero-order valence-electron chi connectivity index (χ0n) is 13.2. The molecule has 8 nitrogen and oxygen atoms in total. The van der Waals surface area contributed by atoms with Gasteiger partial charge in [-0.2, -0.15) is 0 Å². The molecule has 0 bridgehead atoms. The number of anilines is 1. The van der Waals surface area contributed by atoms with Crippen LogP contribution in [0, 0.1) is 6.92 Å². The van der Waals surface area contributed by atoms with Gasteiger partial charge in [-0.25, -0.2) is 14.8 Å². The number of hydrogen-bond donors (Lipinski definition) is 3. The first-order chi connectivity index (χ1) is 11.5. The van der Waals surface area contributed by atoms with E-state index in [-0.39, 0.29) is 18.5 Å². The predicted octanol–water partition coefficient (Wildman–Crippen LogP) is 2.56.